The molecule has 0 aliphatic heterocycles. The van der Waals surface area contributed by atoms with Gasteiger partial charge in [-0.3, -0.25) is 18.7 Å². The molecular formula is C25H27N5O4. The van der Waals surface area contributed by atoms with E-state index in [1.165, 1.54) is 4.57 Å². The molecule has 4 rings (SSSR count). The van der Waals surface area contributed by atoms with Crippen molar-refractivity contribution in [2.24, 2.45) is 0 Å². The molecule has 9 heteroatoms. The first-order valence-electron chi connectivity index (χ1n) is 11.3. The van der Waals surface area contributed by atoms with Crippen molar-refractivity contribution in [3.63, 3.8) is 0 Å². The van der Waals surface area contributed by atoms with E-state index >= 15 is 0 Å². The van der Waals surface area contributed by atoms with Crippen LogP contribution in [0.4, 0.5) is 5.82 Å². The molecule has 34 heavy (non-hydrogen) atoms. The number of carbonyl (C=O) groups is 1. The maximum atomic E-state index is 12.9. The van der Waals surface area contributed by atoms with Gasteiger partial charge in [-0.1, -0.05) is 19.9 Å². The van der Waals surface area contributed by atoms with Gasteiger partial charge in [-0.05, 0) is 60.9 Å². The van der Waals surface area contributed by atoms with Gasteiger partial charge in [0.2, 0.25) is 0 Å². The van der Waals surface area contributed by atoms with E-state index in [4.69, 9.17) is 4.74 Å². The van der Waals surface area contributed by atoms with Crippen LogP contribution in [0.1, 0.15) is 26.7 Å². The maximum Gasteiger partial charge on any atom is 0.331 e. The van der Waals surface area contributed by atoms with Crippen LogP contribution in [0, 0.1) is 0 Å². The first-order chi connectivity index (χ1) is 16.5. The number of carbonyl (C=O) groups excluding carboxylic acids is 1. The van der Waals surface area contributed by atoms with Gasteiger partial charge in [0.25, 0.3) is 11.5 Å². The quantitative estimate of drug-likeness (QED) is 0.397. The van der Waals surface area contributed by atoms with E-state index in [0.717, 1.165) is 17.7 Å². The minimum atomic E-state index is -0.310. The number of ether oxygens (including phenoxy) is 1. The Bertz CT molecular complexity index is 1400. The number of nitrogens with one attached hydrogen (secondary N) is 2. The fourth-order valence-electron chi connectivity index (χ4n) is 3.80. The van der Waals surface area contributed by atoms with Crippen molar-refractivity contribution in [2.45, 2.75) is 39.8 Å². The predicted molar refractivity (Wildman–Crippen MR) is 131 cm³/mol. The maximum absolute atomic E-state index is 12.9. The number of fused-ring (bicyclic) bond motifs is 1. The number of anilines is 1. The highest BCUT2D eigenvalue weighted by molar-refractivity contribution is 5.90. The lowest BCUT2D eigenvalue weighted by Crippen LogP contribution is -2.39. The van der Waals surface area contributed by atoms with Gasteiger partial charge in [0.05, 0.1) is 5.52 Å². The minimum absolute atomic E-state index is 0.150. The van der Waals surface area contributed by atoms with Gasteiger partial charge in [-0.15, -0.1) is 0 Å². The van der Waals surface area contributed by atoms with Crippen molar-refractivity contribution in [2.75, 3.05) is 11.9 Å². The summed E-state index contributed by atoms with van der Waals surface area (Å²) in [4.78, 5) is 45.1. The average Bonchev–Trinajstić information content (AvgIpc) is 3.30. The average molecular weight is 462 g/mol. The van der Waals surface area contributed by atoms with Gasteiger partial charge in [-0.25, -0.2) is 9.78 Å². The molecule has 0 unspecified atom stereocenters. The fourth-order valence-corrected chi connectivity index (χ4v) is 3.80. The summed E-state index contributed by atoms with van der Waals surface area (Å²) >= 11 is 0. The molecule has 1 amide bonds. The Morgan fingerprint density at radius 1 is 1.03 bits per heavy atom. The molecule has 9 nitrogen and oxygen atoms in total. The Morgan fingerprint density at radius 2 is 1.76 bits per heavy atom. The molecule has 0 aliphatic carbocycles. The van der Waals surface area contributed by atoms with Gasteiger partial charge in [-0.2, -0.15) is 0 Å². The second-order valence-electron chi connectivity index (χ2n) is 7.91. The van der Waals surface area contributed by atoms with E-state index in [1.807, 2.05) is 32.0 Å². The van der Waals surface area contributed by atoms with Crippen LogP contribution >= 0.6 is 0 Å². The number of benzene rings is 1. The van der Waals surface area contributed by atoms with E-state index in [9.17, 15) is 14.4 Å². The summed E-state index contributed by atoms with van der Waals surface area (Å²) in [5.41, 5.74) is 2.00. The largest absolute Gasteiger partial charge is 0.484 e. The van der Waals surface area contributed by atoms with Gasteiger partial charge in [0.1, 0.15) is 17.1 Å². The summed E-state index contributed by atoms with van der Waals surface area (Å²) in [6.45, 7) is 4.70. The van der Waals surface area contributed by atoms with Crippen LogP contribution in [0.15, 0.2) is 64.3 Å². The van der Waals surface area contributed by atoms with Crippen LogP contribution < -0.4 is 21.3 Å². The van der Waals surface area contributed by atoms with Crippen LogP contribution in [0.5, 0.6) is 5.75 Å². The highest BCUT2D eigenvalue weighted by Gasteiger charge is 2.16. The van der Waals surface area contributed by atoms with Crippen LogP contribution in [0.2, 0.25) is 0 Å². The number of aromatic amines is 1. The van der Waals surface area contributed by atoms with Crippen LogP contribution in [0.25, 0.3) is 22.3 Å². The molecule has 0 bridgehead atoms. The number of aryl methyl sites for hydroxylation is 1. The second kappa shape index (κ2) is 10.2. The van der Waals surface area contributed by atoms with E-state index in [0.29, 0.717) is 42.1 Å². The summed E-state index contributed by atoms with van der Waals surface area (Å²) in [7, 11) is 0. The third-order valence-electron chi connectivity index (χ3n) is 5.37. The number of amides is 1. The Morgan fingerprint density at radius 3 is 2.44 bits per heavy atom. The number of pyridine rings is 1. The van der Waals surface area contributed by atoms with E-state index < -0.39 is 0 Å². The molecule has 2 N–H and O–H groups in total. The Kier molecular flexibility index (Phi) is 6.91. The van der Waals surface area contributed by atoms with Gasteiger partial charge >= 0.3 is 5.69 Å². The SMILES string of the molecule is CCCn1c(=O)c2[nH]c(-c3ccc(OCC(=O)Nc4ccccn4)cc3)cc2n(CCC)c1=O. The lowest BCUT2D eigenvalue weighted by molar-refractivity contribution is -0.118. The molecule has 0 aliphatic rings. The molecule has 0 atom stereocenters. The predicted octanol–water partition coefficient (Wildman–Crippen LogP) is 3.39. The number of rotatable bonds is 9. The molecule has 3 aromatic heterocycles. The number of hydrogen-bond acceptors (Lipinski definition) is 5. The summed E-state index contributed by atoms with van der Waals surface area (Å²) in [5, 5.41) is 2.66. The van der Waals surface area contributed by atoms with Crippen molar-refractivity contribution in [3.8, 4) is 17.0 Å². The molecule has 0 radical (unpaired) electrons. The lowest BCUT2D eigenvalue weighted by Gasteiger charge is -2.10. The Hall–Kier alpha value is -4.14. The topological polar surface area (TPSA) is 111 Å². The lowest BCUT2D eigenvalue weighted by atomic mass is 10.1. The number of H-pyrrole nitrogens is 1. The first-order valence-corrected chi connectivity index (χ1v) is 11.3. The molecule has 0 fully saturated rings. The van der Waals surface area contributed by atoms with Crippen molar-refractivity contribution in [3.05, 3.63) is 75.6 Å². The van der Waals surface area contributed by atoms with Crippen molar-refractivity contribution >= 4 is 22.8 Å². The molecule has 3 heterocycles. The van der Waals surface area contributed by atoms with Crippen LogP contribution in [-0.2, 0) is 17.9 Å². The number of hydrogen-bond donors (Lipinski definition) is 2. The number of aromatic nitrogens is 4. The second-order valence-corrected chi connectivity index (χ2v) is 7.91. The molecule has 176 valence electrons. The Labute approximate surface area is 196 Å². The molecule has 0 spiro atoms. The van der Waals surface area contributed by atoms with E-state index in [1.54, 1.807) is 41.1 Å². The van der Waals surface area contributed by atoms with E-state index in [2.05, 4.69) is 15.3 Å². The first kappa shape index (κ1) is 23.0. The van der Waals surface area contributed by atoms with Crippen molar-refractivity contribution in [1.82, 2.24) is 19.1 Å². The summed E-state index contributed by atoms with van der Waals surface area (Å²) in [5.74, 6) is 0.685. The monoisotopic (exact) mass is 461 g/mol. The zero-order valence-corrected chi connectivity index (χ0v) is 19.2. The van der Waals surface area contributed by atoms with E-state index in [-0.39, 0.29) is 23.8 Å². The van der Waals surface area contributed by atoms with Crippen LogP contribution in [0.3, 0.4) is 0 Å². The van der Waals surface area contributed by atoms with Crippen molar-refractivity contribution < 1.29 is 9.53 Å². The molecule has 0 saturated heterocycles. The summed E-state index contributed by atoms with van der Waals surface area (Å²) in [6.07, 6.45) is 3.07. The zero-order chi connectivity index (χ0) is 24.1. The van der Waals surface area contributed by atoms with Gasteiger partial charge in [0.15, 0.2) is 6.61 Å². The van der Waals surface area contributed by atoms with Crippen LogP contribution in [-0.4, -0.2) is 31.6 Å². The summed E-state index contributed by atoms with van der Waals surface area (Å²) < 4.78 is 8.52. The third-order valence-corrected chi connectivity index (χ3v) is 5.37. The minimum Gasteiger partial charge on any atom is -0.484 e. The van der Waals surface area contributed by atoms with Gasteiger partial charge < -0.3 is 15.0 Å². The van der Waals surface area contributed by atoms with Crippen molar-refractivity contribution in [1.29, 1.82) is 0 Å². The third kappa shape index (κ3) is 4.78. The van der Waals surface area contributed by atoms with Gasteiger partial charge in [0, 0.05) is 25.0 Å². The molecule has 0 saturated carbocycles. The standard InChI is InChI=1S/C25H27N5O4/c1-3-13-29-20-15-19(27-23(20)24(32)30(14-4-2)25(29)33)17-8-10-18(11-9-17)34-16-22(31)28-21-7-5-6-12-26-21/h5-12,15,27H,3-4,13-14,16H2,1-2H3,(H,26,28,31). The highest BCUT2D eigenvalue weighted by atomic mass is 16.5. The zero-order valence-electron chi connectivity index (χ0n) is 19.2. The fraction of sp³-hybridized carbons (Fsp3) is 0.280. The number of nitrogens with zero attached hydrogens (tertiary/aromatic N) is 3. The highest BCUT2D eigenvalue weighted by Crippen LogP contribution is 2.24. The summed E-state index contributed by atoms with van der Waals surface area (Å²) in [6, 6.07) is 14.3. The normalized spacial score (nSPS) is 11.0. The molecular weight excluding hydrogens is 434 g/mol. The molecule has 4 aromatic rings. The molecule has 1 aromatic carbocycles. The Balaban J connectivity index is 1.54. The smallest absolute Gasteiger partial charge is 0.331 e.